The number of hydrogen-bond acceptors (Lipinski definition) is 5. The van der Waals surface area contributed by atoms with Crippen LogP contribution in [-0.2, 0) is 10.0 Å². The normalized spacial score (nSPS) is 11.5. The minimum absolute atomic E-state index is 0.00604. The highest BCUT2D eigenvalue weighted by Crippen LogP contribution is 2.46. The van der Waals surface area contributed by atoms with Crippen LogP contribution >= 0.6 is 22.9 Å². The third-order valence-electron chi connectivity index (χ3n) is 7.24. The number of thiophene rings is 1. The third-order valence-corrected chi connectivity index (χ3v) is 10.2. The van der Waals surface area contributed by atoms with E-state index in [1.165, 1.54) is 36.4 Å². The number of aromatic nitrogens is 1. The molecule has 0 aliphatic carbocycles. The summed E-state index contributed by atoms with van der Waals surface area (Å²) in [7, 11) is -4.31. The van der Waals surface area contributed by atoms with E-state index in [2.05, 4.69) is 6.07 Å². The van der Waals surface area contributed by atoms with E-state index in [4.69, 9.17) is 11.6 Å². The monoisotopic (exact) mass is 644 g/mol. The van der Waals surface area contributed by atoms with Gasteiger partial charge >= 0.3 is 5.97 Å². The molecule has 0 radical (unpaired) electrons. The maximum atomic E-state index is 14.9. The molecule has 2 heterocycles. The first-order chi connectivity index (χ1) is 21.0. The Morgan fingerprint density at radius 3 is 2.39 bits per heavy atom. The van der Waals surface area contributed by atoms with Crippen molar-refractivity contribution in [1.29, 1.82) is 5.26 Å². The topological polar surface area (TPSA) is 100 Å². The number of aromatic carboxylic acids is 1. The molecule has 2 aromatic heterocycles. The van der Waals surface area contributed by atoms with Gasteiger partial charge in [0.2, 0.25) is 0 Å². The second-order valence-corrected chi connectivity index (χ2v) is 13.0. The molecule has 4 aromatic carbocycles. The molecule has 0 amide bonds. The van der Waals surface area contributed by atoms with E-state index in [0.717, 1.165) is 26.9 Å². The van der Waals surface area contributed by atoms with Crippen LogP contribution in [0.25, 0.3) is 44.4 Å². The van der Waals surface area contributed by atoms with Crippen molar-refractivity contribution in [1.82, 2.24) is 3.97 Å². The van der Waals surface area contributed by atoms with Crippen molar-refractivity contribution in [3.05, 3.63) is 123 Å². The fourth-order valence-electron chi connectivity index (χ4n) is 5.20. The van der Waals surface area contributed by atoms with Gasteiger partial charge < -0.3 is 5.11 Å². The van der Waals surface area contributed by atoms with Crippen LogP contribution in [0.4, 0.5) is 8.78 Å². The molecule has 11 heteroatoms. The molecule has 0 fully saturated rings. The van der Waals surface area contributed by atoms with Crippen molar-refractivity contribution < 1.29 is 27.1 Å². The van der Waals surface area contributed by atoms with E-state index >= 15 is 0 Å². The van der Waals surface area contributed by atoms with E-state index in [-0.39, 0.29) is 27.1 Å². The largest absolute Gasteiger partial charge is 0.478 e. The van der Waals surface area contributed by atoms with Crippen LogP contribution in [0.5, 0.6) is 0 Å². The van der Waals surface area contributed by atoms with Crippen molar-refractivity contribution in [3.8, 4) is 39.6 Å². The third kappa shape index (κ3) is 4.75. The maximum Gasteiger partial charge on any atom is 0.338 e. The molecule has 0 saturated carbocycles. The quantitative estimate of drug-likeness (QED) is 0.195. The van der Waals surface area contributed by atoms with Crippen molar-refractivity contribution in [3.63, 3.8) is 0 Å². The first-order valence-electron chi connectivity index (χ1n) is 13.0. The van der Waals surface area contributed by atoms with Crippen LogP contribution in [0.1, 0.15) is 20.8 Å². The molecule has 0 bridgehead atoms. The van der Waals surface area contributed by atoms with E-state index in [1.807, 2.05) is 6.92 Å². The average molecular weight is 645 g/mol. The zero-order valence-electron chi connectivity index (χ0n) is 22.7. The average Bonchev–Trinajstić information content (AvgIpc) is 3.60. The fraction of sp³-hybridized carbons (Fsp3) is 0.0303. The Bertz CT molecular complexity index is 2290. The van der Waals surface area contributed by atoms with Gasteiger partial charge in [-0.15, -0.1) is 11.3 Å². The van der Waals surface area contributed by atoms with Crippen molar-refractivity contribution >= 4 is 49.8 Å². The standard InChI is InChI=1S/C33H19ClF2N2O4S2/c1-18-5-8-22(9-6-18)44(41,42)38-27-12-7-21(35)16-26(27)29(24-13-14-43-28(24)17-37)32(38)20-4-2-3-19(15-20)23-10-11-25(33(39)40)31(36)30(23)34/h2-16H,1H3,(H,39,40). The molecule has 0 aliphatic heterocycles. The van der Waals surface area contributed by atoms with Gasteiger partial charge in [0.05, 0.1) is 26.7 Å². The van der Waals surface area contributed by atoms with Gasteiger partial charge in [-0.2, -0.15) is 5.26 Å². The minimum Gasteiger partial charge on any atom is -0.478 e. The Balaban J connectivity index is 1.73. The van der Waals surface area contributed by atoms with Gasteiger partial charge in [-0.3, -0.25) is 0 Å². The Hall–Kier alpha value is -4.82. The summed E-state index contributed by atoms with van der Waals surface area (Å²) in [5.74, 6) is -3.18. The molecule has 0 atom stereocenters. The van der Waals surface area contributed by atoms with Crippen LogP contribution in [0.3, 0.4) is 0 Å². The molecule has 0 spiro atoms. The summed E-state index contributed by atoms with van der Waals surface area (Å²) >= 11 is 7.45. The van der Waals surface area contributed by atoms with Crippen molar-refractivity contribution in [2.24, 2.45) is 0 Å². The molecule has 6 aromatic rings. The second kappa shape index (κ2) is 11.0. The van der Waals surface area contributed by atoms with Crippen LogP contribution in [0.2, 0.25) is 5.02 Å². The summed E-state index contributed by atoms with van der Waals surface area (Å²) in [5.41, 5.74) is 2.24. The van der Waals surface area contributed by atoms with Gasteiger partial charge in [0.1, 0.15) is 16.8 Å². The highest BCUT2D eigenvalue weighted by Gasteiger charge is 2.30. The van der Waals surface area contributed by atoms with Crippen LogP contribution < -0.4 is 0 Å². The predicted molar refractivity (Wildman–Crippen MR) is 166 cm³/mol. The number of carbonyl (C=O) groups is 1. The molecule has 44 heavy (non-hydrogen) atoms. The van der Waals surface area contributed by atoms with E-state index in [1.54, 1.807) is 47.8 Å². The molecule has 0 unspecified atom stereocenters. The number of hydrogen-bond donors (Lipinski definition) is 1. The van der Waals surface area contributed by atoms with Crippen molar-refractivity contribution in [2.75, 3.05) is 0 Å². The minimum atomic E-state index is -4.31. The lowest BCUT2D eigenvalue weighted by Crippen LogP contribution is -2.14. The maximum absolute atomic E-state index is 14.9. The highest BCUT2D eigenvalue weighted by atomic mass is 35.5. The lowest BCUT2D eigenvalue weighted by Gasteiger charge is -2.15. The zero-order chi connectivity index (χ0) is 31.3. The predicted octanol–water partition coefficient (Wildman–Crippen LogP) is 8.75. The Morgan fingerprint density at radius 2 is 1.68 bits per heavy atom. The zero-order valence-corrected chi connectivity index (χ0v) is 25.1. The molecule has 218 valence electrons. The molecular formula is C33H19ClF2N2O4S2. The Morgan fingerprint density at radius 1 is 0.955 bits per heavy atom. The summed E-state index contributed by atoms with van der Waals surface area (Å²) in [6.45, 7) is 1.83. The Kier molecular flexibility index (Phi) is 7.33. The second-order valence-electron chi connectivity index (χ2n) is 9.92. The molecular weight excluding hydrogens is 626 g/mol. The van der Waals surface area contributed by atoms with Gasteiger partial charge in [0.25, 0.3) is 10.0 Å². The van der Waals surface area contributed by atoms with Crippen LogP contribution in [-0.4, -0.2) is 23.5 Å². The summed E-state index contributed by atoms with van der Waals surface area (Å²) in [4.78, 5) is 11.7. The molecule has 1 N–H and O–H groups in total. The van der Waals surface area contributed by atoms with Crippen LogP contribution in [0.15, 0.2) is 95.2 Å². The van der Waals surface area contributed by atoms with E-state index in [0.29, 0.717) is 27.1 Å². The number of carboxylic acids is 1. The summed E-state index contributed by atoms with van der Waals surface area (Å²) in [5, 5.41) is 20.8. The lowest BCUT2D eigenvalue weighted by molar-refractivity contribution is 0.0692. The molecule has 0 aliphatic rings. The molecule has 6 rings (SSSR count). The number of fused-ring (bicyclic) bond motifs is 1. The van der Waals surface area contributed by atoms with Crippen molar-refractivity contribution in [2.45, 2.75) is 11.8 Å². The van der Waals surface area contributed by atoms with E-state index < -0.39 is 38.2 Å². The van der Waals surface area contributed by atoms with E-state index in [9.17, 15) is 32.4 Å². The first kappa shape index (κ1) is 29.3. The van der Waals surface area contributed by atoms with Gasteiger partial charge in [0, 0.05) is 27.6 Å². The summed E-state index contributed by atoms with van der Waals surface area (Å²) in [6.07, 6.45) is 0. The molecule has 6 nitrogen and oxygen atoms in total. The lowest BCUT2D eigenvalue weighted by atomic mass is 9.96. The smallest absolute Gasteiger partial charge is 0.338 e. The molecule has 0 saturated heterocycles. The SMILES string of the molecule is Cc1ccc(S(=O)(=O)n2c(-c3cccc(-c4ccc(C(=O)O)c(F)c4Cl)c3)c(-c3ccsc3C#N)c3cc(F)ccc32)cc1. The van der Waals surface area contributed by atoms with Gasteiger partial charge in [-0.1, -0.05) is 53.6 Å². The fourth-order valence-corrected chi connectivity index (χ4v) is 7.71. The van der Waals surface area contributed by atoms with Gasteiger partial charge in [-0.25, -0.2) is 26.0 Å². The van der Waals surface area contributed by atoms with Gasteiger partial charge in [0.15, 0.2) is 5.82 Å². The number of aryl methyl sites for hydroxylation is 1. The summed E-state index contributed by atoms with van der Waals surface area (Å²) in [6, 6.07) is 22.9. The number of halogens is 3. The number of carboxylic acid groups (broad SMARTS) is 1. The Labute approximate surface area is 259 Å². The van der Waals surface area contributed by atoms with Crippen LogP contribution in [0, 0.1) is 29.9 Å². The summed E-state index contributed by atoms with van der Waals surface area (Å²) < 4.78 is 59.7. The number of nitriles is 1. The number of rotatable bonds is 6. The highest BCUT2D eigenvalue weighted by molar-refractivity contribution is 7.90. The first-order valence-corrected chi connectivity index (χ1v) is 15.7. The number of nitrogens with zero attached hydrogens (tertiary/aromatic N) is 2. The number of benzene rings is 4. The van der Waals surface area contributed by atoms with Gasteiger partial charge in [-0.05, 0) is 66.4 Å².